The fourth-order valence-corrected chi connectivity index (χ4v) is 2.16. The average Bonchev–Trinajstić information content (AvgIpc) is 2.50. The monoisotopic (exact) mass is 378 g/mol. The maximum absolute atomic E-state index is 11.5. The number of carbonyl (C=O) groups excluding carboxylic acids is 4. The fraction of sp³-hybridized carbons (Fsp3) is 0.750. The molecule has 0 aromatic rings. The summed E-state index contributed by atoms with van der Waals surface area (Å²) < 4.78 is 30.7. The van der Waals surface area contributed by atoms with Crippen molar-refractivity contribution in [1.29, 1.82) is 0 Å². The van der Waals surface area contributed by atoms with E-state index in [1.807, 2.05) is 0 Å². The van der Waals surface area contributed by atoms with Crippen LogP contribution in [0.15, 0.2) is 0 Å². The molecule has 0 aliphatic heterocycles. The van der Waals surface area contributed by atoms with Gasteiger partial charge in [-0.15, -0.1) is 0 Å². The van der Waals surface area contributed by atoms with Crippen LogP contribution in [-0.4, -0.2) is 75.7 Å². The molecule has 0 aliphatic carbocycles. The summed E-state index contributed by atoms with van der Waals surface area (Å²) in [5.41, 5.74) is 0. The molecule has 0 fully saturated rings. The highest BCUT2D eigenvalue weighted by atomic mass is 16.6. The van der Waals surface area contributed by atoms with Crippen molar-refractivity contribution in [3.8, 4) is 0 Å². The Balaban J connectivity index is 5.79. The van der Waals surface area contributed by atoms with Gasteiger partial charge in [-0.25, -0.2) is 0 Å². The van der Waals surface area contributed by atoms with Crippen LogP contribution in [0.1, 0.15) is 27.7 Å². The van der Waals surface area contributed by atoms with Crippen LogP contribution in [0.2, 0.25) is 0 Å². The normalized spacial score (nSPS) is 15.2. The van der Waals surface area contributed by atoms with Gasteiger partial charge in [-0.3, -0.25) is 19.2 Å². The molecule has 0 aliphatic rings. The molecule has 0 amide bonds. The van der Waals surface area contributed by atoms with Crippen molar-refractivity contribution in [2.75, 3.05) is 27.4 Å². The number of hydrogen-bond donors (Lipinski definition) is 0. The molecule has 0 aromatic heterocycles. The van der Waals surface area contributed by atoms with E-state index in [0.717, 1.165) is 13.8 Å². The smallest absolute Gasteiger partial charge is 0.303 e. The molecule has 26 heavy (non-hydrogen) atoms. The first-order valence-electron chi connectivity index (χ1n) is 7.79. The number of methoxy groups -OCH3 is 2. The topological polar surface area (TPSA) is 124 Å². The summed E-state index contributed by atoms with van der Waals surface area (Å²) in [4.78, 5) is 45.6. The fourth-order valence-electron chi connectivity index (χ4n) is 2.16. The van der Waals surface area contributed by atoms with Crippen molar-refractivity contribution in [2.45, 2.75) is 52.1 Å². The molecule has 0 spiro atoms. The summed E-state index contributed by atoms with van der Waals surface area (Å²) in [6.07, 6.45) is -4.54. The van der Waals surface area contributed by atoms with E-state index in [2.05, 4.69) is 0 Å². The summed E-state index contributed by atoms with van der Waals surface area (Å²) in [7, 11) is 2.65. The van der Waals surface area contributed by atoms with E-state index < -0.39 is 48.3 Å². The molecular weight excluding hydrogens is 352 g/mol. The molecule has 10 nitrogen and oxygen atoms in total. The highest BCUT2D eigenvalue weighted by molar-refractivity contribution is 5.68. The molecule has 0 rings (SSSR count). The summed E-state index contributed by atoms with van der Waals surface area (Å²) in [6, 6.07) is 0. The number of ether oxygens (including phenoxy) is 6. The average molecular weight is 378 g/mol. The van der Waals surface area contributed by atoms with Crippen LogP contribution in [0.5, 0.6) is 0 Å². The lowest BCUT2D eigenvalue weighted by atomic mass is 10.0. The summed E-state index contributed by atoms with van der Waals surface area (Å²) in [5.74, 6) is -2.63. The quantitative estimate of drug-likeness (QED) is 0.358. The maximum atomic E-state index is 11.5. The van der Waals surface area contributed by atoms with E-state index in [-0.39, 0.29) is 13.2 Å². The molecule has 0 unspecified atom stereocenters. The maximum Gasteiger partial charge on any atom is 0.303 e. The van der Waals surface area contributed by atoms with Gasteiger partial charge in [0.25, 0.3) is 0 Å². The molecular formula is C16H26O10. The molecule has 0 saturated heterocycles. The third-order valence-electron chi connectivity index (χ3n) is 3.06. The zero-order chi connectivity index (χ0) is 20.3. The molecule has 0 heterocycles. The number of carbonyl (C=O) groups is 4. The molecule has 0 radical (unpaired) electrons. The van der Waals surface area contributed by atoms with Crippen molar-refractivity contribution >= 4 is 23.9 Å². The first kappa shape index (κ1) is 23.8. The van der Waals surface area contributed by atoms with Gasteiger partial charge in [0.2, 0.25) is 0 Å². The lowest BCUT2D eigenvalue weighted by molar-refractivity contribution is -0.202. The second-order valence-electron chi connectivity index (χ2n) is 5.33. The molecule has 10 heteroatoms. The van der Waals surface area contributed by atoms with Gasteiger partial charge < -0.3 is 28.4 Å². The minimum absolute atomic E-state index is 0.140. The van der Waals surface area contributed by atoms with E-state index in [0.29, 0.717) is 0 Å². The van der Waals surface area contributed by atoms with Crippen LogP contribution in [0.25, 0.3) is 0 Å². The van der Waals surface area contributed by atoms with Crippen molar-refractivity contribution in [2.24, 2.45) is 0 Å². The lowest BCUT2D eigenvalue weighted by Gasteiger charge is -2.35. The van der Waals surface area contributed by atoms with E-state index >= 15 is 0 Å². The highest BCUT2D eigenvalue weighted by Gasteiger charge is 2.42. The molecule has 150 valence electrons. The van der Waals surface area contributed by atoms with E-state index in [1.165, 1.54) is 28.1 Å². The second-order valence-corrected chi connectivity index (χ2v) is 5.33. The van der Waals surface area contributed by atoms with Gasteiger partial charge in [0.1, 0.15) is 12.7 Å². The molecule has 0 saturated carbocycles. The van der Waals surface area contributed by atoms with E-state index in [4.69, 9.17) is 28.4 Å². The largest absolute Gasteiger partial charge is 0.463 e. The summed E-state index contributed by atoms with van der Waals surface area (Å²) in [6.45, 7) is 4.24. The minimum Gasteiger partial charge on any atom is -0.463 e. The Hall–Kier alpha value is -2.20. The summed E-state index contributed by atoms with van der Waals surface area (Å²) in [5, 5.41) is 0. The van der Waals surface area contributed by atoms with Gasteiger partial charge >= 0.3 is 23.9 Å². The van der Waals surface area contributed by atoms with Crippen LogP contribution in [-0.2, 0) is 47.6 Å². The lowest BCUT2D eigenvalue weighted by Crippen LogP contribution is -2.53. The Morgan fingerprint density at radius 1 is 0.654 bits per heavy atom. The molecule has 0 bridgehead atoms. The van der Waals surface area contributed by atoms with Crippen LogP contribution in [0, 0.1) is 0 Å². The van der Waals surface area contributed by atoms with Gasteiger partial charge in [0.15, 0.2) is 18.3 Å². The van der Waals surface area contributed by atoms with Gasteiger partial charge in [-0.05, 0) is 0 Å². The van der Waals surface area contributed by atoms with Crippen molar-refractivity contribution < 1.29 is 47.6 Å². The number of esters is 4. The first-order valence-corrected chi connectivity index (χ1v) is 7.79. The number of hydrogen-bond acceptors (Lipinski definition) is 10. The Morgan fingerprint density at radius 3 is 1.46 bits per heavy atom. The molecule has 4 atom stereocenters. The van der Waals surface area contributed by atoms with Gasteiger partial charge in [0.05, 0.1) is 6.61 Å². The Morgan fingerprint density at radius 2 is 1.12 bits per heavy atom. The van der Waals surface area contributed by atoms with Gasteiger partial charge in [-0.2, -0.15) is 0 Å². The van der Waals surface area contributed by atoms with Crippen molar-refractivity contribution in [1.82, 2.24) is 0 Å². The zero-order valence-electron chi connectivity index (χ0n) is 15.8. The number of rotatable bonds is 11. The van der Waals surface area contributed by atoms with Crippen LogP contribution < -0.4 is 0 Å². The van der Waals surface area contributed by atoms with Crippen LogP contribution >= 0.6 is 0 Å². The molecule has 0 N–H and O–H groups in total. The Bertz CT molecular complexity index is 489. The van der Waals surface area contributed by atoms with Crippen molar-refractivity contribution in [3.63, 3.8) is 0 Å². The van der Waals surface area contributed by atoms with Gasteiger partial charge in [0, 0.05) is 41.9 Å². The highest BCUT2D eigenvalue weighted by Crippen LogP contribution is 2.19. The van der Waals surface area contributed by atoms with E-state index in [9.17, 15) is 19.2 Å². The Kier molecular flexibility index (Phi) is 11.2. The summed E-state index contributed by atoms with van der Waals surface area (Å²) >= 11 is 0. The SMILES string of the molecule is COC[C@@H](OC(C)=O)[C@H](OC(C)=O)[C@H](OC(C)=O)[C@H](COC(C)=O)OC. The molecule has 0 aromatic carbocycles. The predicted molar refractivity (Wildman–Crippen MR) is 86.0 cm³/mol. The third-order valence-corrected chi connectivity index (χ3v) is 3.06. The van der Waals surface area contributed by atoms with Crippen LogP contribution in [0.4, 0.5) is 0 Å². The first-order chi connectivity index (χ1) is 12.1. The standard InChI is InChI=1S/C16H26O10/c1-9(17)23-8-13(22-6)15(25-11(3)19)16(26-12(4)20)14(7-21-5)24-10(2)18/h13-16H,7-8H2,1-6H3/t13-,14+,15+,16-/m0/s1. The zero-order valence-corrected chi connectivity index (χ0v) is 15.8. The third kappa shape index (κ3) is 9.33. The Labute approximate surface area is 152 Å². The minimum atomic E-state index is -1.25. The van der Waals surface area contributed by atoms with Crippen LogP contribution in [0.3, 0.4) is 0 Å². The second kappa shape index (κ2) is 12.2. The predicted octanol–water partition coefficient (Wildman–Crippen LogP) is 0.00600. The van der Waals surface area contributed by atoms with Gasteiger partial charge in [-0.1, -0.05) is 0 Å². The van der Waals surface area contributed by atoms with Crippen molar-refractivity contribution in [3.05, 3.63) is 0 Å². The van der Waals surface area contributed by atoms with E-state index in [1.54, 1.807) is 0 Å².